The van der Waals surface area contributed by atoms with Gasteiger partial charge in [-0.25, -0.2) is 12.7 Å². The largest absolute Gasteiger partial charge is 0.338 e. The summed E-state index contributed by atoms with van der Waals surface area (Å²) in [5.74, 6) is 0.649. The molecule has 1 N–H and O–H groups in total. The van der Waals surface area contributed by atoms with Gasteiger partial charge in [-0.15, -0.1) is 10.2 Å². The number of aryl methyl sites for hydroxylation is 2. The molecule has 0 fully saturated rings. The van der Waals surface area contributed by atoms with Crippen molar-refractivity contribution in [1.82, 2.24) is 14.5 Å². The maximum Gasteiger partial charge on any atom is 0.242 e. The third kappa shape index (κ3) is 4.02. The zero-order chi connectivity index (χ0) is 22.2. The molecule has 31 heavy (non-hydrogen) atoms. The Hall–Kier alpha value is -3.29. The summed E-state index contributed by atoms with van der Waals surface area (Å²) in [6, 6.07) is 21.3. The van der Waals surface area contributed by atoms with E-state index in [2.05, 4.69) is 15.5 Å². The molecule has 1 aromatic heterocycles. The average Bonchev–Trinajstić information content (AvgIpc) is 2.76. The molecule has 0 aliphatic rings. The molecule has 4 aromatic rings. The summed E-state index contributed by atoms with van der Waals surface area (Å²) in [6.45, 7) is 3.83. The molecule has 0 saturated heterocycles. The van der Waals surface area contributed by atoms with Crippen molar-refractivity contribution in [3.63, 3.8) is 0 Å². The standard InChI is InChI=1S/C24H24N4O2S/c1-16-9-13-19(14-10-16)25-24-21-8-6-5-7-20(21)23(26-27-24)18-12-11-17(2)22(15-18)31(29,30)28(3)4/h5-15H,1-4H3,(H,25,27). The van der Waals surface area contributed by atoms with Gasteiger partial charge in [-0.1, -0.05) is 54.1 Å². The lowest BCUT2D eigenvalue weighted by Gasteiger charge is -2.15. The molecule has 0 aliphatic carbocycles. The molecule has 0 saturated carbocycles. The molecule has 158 valence electrons. The van der Waals surface area contributed by atoms with E-state index in [-0.39, 0.29) is 4.90 Å². The van der Waals surface area contributed by atoms with E-state index in [0.29, 0.717) is 22.6 Å². The van der Waals surface area contributed by atoms with Gasteiger partial charge in [0.05, 0.1) is 4.90 Å². The van der Waals surface area contributed by atoms with Crippen LogP contribution in [0.5, 0.6) is 0 Å². The molecule has 0 aliphatic heterocycles. The number of sulfonamides is 1. The lowest BCUT2D eigenvalue weighted by atomic mass is 10.0. The van der Waals surface area contributed by atoms with Crippen LogP contribution in [0.2, 0.25) is 0 Å². The van der Waals surface area contributed by atoms with Crippen LogP contribution in [0, 0.1) is 13.8 Å². The maximum absolute atomic E-state index is 12.8. The van der Waals surface area contributed by atoms with Crippen molar-refractivity contribution in [2.45, 2.75) is 18.7 Å². The summed E-state index contributed by atoms with van der Waals surface area (Å²) in [6.07, 6.45) is 0. The van der Waals surface area contributed by atoms with E-state index in [9.17, 15) is 8.42 Å². The SMILES string of the molecule is Cc1ccc(Nc2nnc(-c3ccc(C)c(S(=O)(=O)N(C)C)c3)c3ccccc23)cc1. The van der Waals surface area contributed by atoms with Crippen LogP contribution in [0.3, 0.4) is 0 Å². The number of benzene rings is 3. The van der Waals surface area contributed by atoms with E-state index < -0.39 is 10.0 Å². The first-order chi connectivity index (χ1) is 14.8. The van der Waals surface area contributed by atoms with Gasteiger partial charge in [-0.3, -0.25) is 0 Å². The van der Waals surface area contributed by atoms with Crippen molar-refractivity contribution in [1.29, 1.82) is 0 Å². The second-order valence-electron chi connectivity index (χ2n) is 7.70. The van der Waals surface area contributed by atoms with Crippen molar-refractivity contribution < 1.29 is 8.42 Å². The fourth-order valence-corrected chi connectivity index (χ4v) is 4.55. The summed E-state index contributed by atoms with van der Waals surface area (Å²) >= 11 is 0. The molecule has 3 aromatic carbocycles. The first-order valence-electron chi connectivity index (χ1n) is 9.90. The Balaban J connectivity index is 1.84. The molecular weight excluding hydrogens is 408 g/mol. The molecular formula is C24H24N4O2S. The summed E-state index contributed by atoms with van der Waals surface area (Å²) in [4.78, 5) is 0.266. The zero-order valence-electron chi connectivity index (χ0n) is 17.9. The van der Waals surface area contributed by atoms with E-state index >= 15 is 0 Å². The maximum atomic E-state index is 12.8. The third-order valence-electron chi connectivity index (χ3n) is 5.22. The lowest BCUT2D eigenvalue weighted by molar-refractivity contribution is 0.520. The van der Waals surface area contributed by atoms with Gasteiger partial charge in [-0.05, 0) is 37.6 Å². The Morgan fingerprint density at radius 2 is 1.52 bits per heavy atom. The molecule has 6 nitrogen and oxygen atoms in total. The van der Waals surface area contributed by atoms with Crippen molar-refractivity contribution in [2.75, 3.05) is 19.4 Å². The topological polar surface area (TPSA) is 75.2 Å². The molecule has 0 bridgehead atoms. The highest BCUT2D eigenvalue weighted by Gasteiger charge is 2.21. The predicted molar refractivity (Wildman–Crippen MR) is 125 cm³/mol. The van der Waals surface area contributed by atoms with Gasteiger partial charge in [0.2, 0.25) is 10.0 Å². The van der Waals surface area contributed by atoms with Crippen molar-refractivity contribution in [2.24, 2.45) is 0 Å². The highest BCUT2D eigenvalue weighted by atomic mass is 32.2. The fourth-order valence-electron chi connectivity index (χ4n) is 3.41. The van der Waals surface area contributed by atoms with Crippen LogP contribution in [0.4, 0.5) is 11.5 Å². The Kier molecular flexibility index (Phi) is 5.47. The van der Waals surface area contributed by atoms with Crippen LogP contribution < -0.4 is 5.32 Å². The normalized spacial score (nSPS) is 11.8. The minimum absolute atomic E-state index is 0.266. The molecule has 0 radical (unpaired) electrons. The molecule has 7 heteroatoms. The molecule has 0 atom stereocenters. The summed E-state index contributed by atoms with van der Waals surface area (Å²) in [5, 5.41) is 14.0. The Morgan fingerprint density at radius 3 is 2.19 bits per heavy atom. The highest BCUT2D eigenvalue weighted by molar-refractivity contribution is 7.89. The number of hydrogen-bond acceptors (Lipinski definition) is 5. The lowest BCUT2D eigenvalue weighted by Crippen LogP contribution is -2.23. The quantitative estimate of drug-likeness (QED) is 0.485. The smallest absolute Gasteiger partial charge is 0.242 e. The van der Waals surface area contributed by atoms with E-state index in [1.165, 1.54) is 24.0 Å². The van der Waals surface area contributed by atoms with Gasteiger partial charge in [0.15, 0.2) is 5.82 Å². The summed E-state index contributed by atoms with van der Waals surface area (Å²) in [7, 11) is -0.511. The highest BCUT2D eigenvalue weighted by Crippen LogP contribution is 2.33. The first kappa shape index (κ1) is 21.0. The number of nitrogens with one attached hydrogen (secondary N) is 1. The minimum Gasteiger partial charge on any atom is -0.338 e. The van der Waals surface area contributed by atoms with E-state index in [1.54, 1.807) is 19.1 Å². The van der Waals surface area contributed by atoms with Crippen molar-refractivity contribution in [3.05, 3.63) is 77.9 Å². The van der Waals surface area contributed by atoms with Crippen LogP contribution >= 0.6 is 0 Å². The van der Waals surface area contributed by atoms with E-state index in [0.717, 1.165) is 16.5 Å². The number of nitrogens with zero attached hydrogens (tertiary/aromatic N) is 3. The van der Waals surface area contributed by atoms with Gasteiger partial charge in [0, 0.05) is 36.1 Å². The fraction of sp³-hybridized carbons (Fsp3) is 0.167. The molecule has 0 unspecified atom stereocenters. The second kappa shape index (κ2) is 8.09. The van der Waals surface area contributed by atoms with E-state index in [4.69, 9.17) is 0 Å². The minimum atomic E-state index is -3.57. The Morgan fingerprint density at radius 1 is 0.839 bits per heavy atom. The second-order valence-corrected chi connectivity index (χ2v) is 9.82. The summed E-state index contributed by atoms with van der Waals surface area (Å²) < 4.78 is 26.7. The monoisotopic (exact) mass is 432 g/mol. The molecule has 4 rings (SSSR count). The molecule has 0 amide bonds. The van der Waals surface area contributed by atoms with Gasteiger partial charge in [-0.2, -0.15) is 0 Å². The number of rotatable bonds is 5. The van der Waals surface area contributed by atoms with Crippen molar-refractivity contribution >= 4 is 32.3 Å². The van der Waals surface area contributed by atoms with E-state index in [1.807, 2.05) is 61.5 Å². The molecule has 0 spiro atoms. The van der Waals surface area contributed by atoms with Gasteiger partial charge >= 0.3 is 0 Å². The molecule has 1 heterocycles. The summed E-state index contributed by atoms with van der Waals surface area (Å²) in [5.41, 5.74) is 4.14. The van der Waals surface area contributed by atoms with Crippen LogP contribution in [-0.2, 0) is 10.0 Å². The predicted octanol–water partition coefficient (Wildman–Crippen LogP) is 4.91. The zero-order valence-corrected chi connectivity index (χ0v) is 18.7. The van der Waals surface area contributed by atoms with Crippen LogP contribution in [0.1, 0.15) is 11.1 Å². The number of aromatic nitrogens is 2. The Labute approximate surface area is 182 Å². The number of hydrogen-bond donors (Lipinski definition) is 1. The van der Waals surface area contributed by atoms with Gasteiger partial charge < -0.3 is 5.32 Å². The van der Waals surface area contributed by atoms with Crippen molar-refractivity contribution in [3.8, 4) is 11.3 Å². The third-order valence-corrected chi connectivity index (χ3v) is 7.18. The van der Waals surface area contributed by atoms with Crippen LogP contribution in [0.15, 0.2) is 71.6 Å². The van der Waals surface area contributed by atoms with Gasteiger partial charge in [0.25, 0.3) is 0 Å². The Bertz CT molecular complexity index is 1360. The van der Waals surface area contributed by atoms with Gasteiger partial charge in [0.1, 0.15) is 5.69 Å². The number of fused-ring (bicyclic) bond motifs is 1. The average molecular weight is 433 g/mol. The first-order valence-corrected chi connectivity index (χ1v) is 11.3. The number of anilines is 2. The van der Waals surface area contributed by atoms with Crippen LogP contribution in [-0.4, -0.2) is 37.0 Å². The van der Waals surface area contributed by atoms with Crippen LogP contribution in [0.25, 0.3) is 22.0 Å².